The third-order valence-corrected chi connectivity index (χ3v) is 1.18. The Kier molecular flexibility index (Phi) is 2.69. The summed E-state index contributed by atoms with van der Waals surface area (Å²) in [7, 11) is 4.97. The standard InChI is InChI=1S/C7H11BO/c1-4-7(2,3)5-6(8)9/h4H,1,5H2,2-3H3. The van der Waals surface area contributed by atoms with Crippen LogP contribution in [0.1, 0.15) is 20.3 Å². The molecule has 1 nitrogen and oxygen atoms in total. The highest BCUT2D eigenvalue weighted by molar-refractivity contribution is 6.57. The number of carbonyl (C=O) groups excluding carboxylic acids is 1. The molecule has 0 saturated heterocycles. The van der Waals surface area contributed by atoms with E-state index in [2.05, 4.69) is 6.58 Å². The van der Waals surface area contributed by atoms with E-state index < -0.39 is 0 Å². The molecule has 0 aliphatic rings. The summed E-state index contributed by atoms with van der Waals surface area (Å²) in [6.07, 6.45) is 2.11. The minimum atomic E-state index is -0.278. The first kappa shape index (κ1) is 8.47. The molecule has 0 aromatic carbocycles. The lowest BCUT2D eigenvalue weighted by Crippen LogP contribution is -2.13. The van der Waals surface area contributed by atoms with Gasteiger partial charge in [0.1, 0.15) is 0 Å². The van der Waals surface area contributed by atoms with Crippen molar-refractivity contribution >= 4 is 13.5 Å². The highest BCUT2D eigenvalue weighted by atomic mass is 16.1. The number of hydrogen-bond acceptors (Lipinski definition) is 1. The van der Waals surface area contributed by atoms with Gasteiger partial charge in [0.25, 0.3) is 0 Å². The van der Waals surface area contributed by atoms with Gasteiger partial charge in [0.2, 0.25) is 0 Å². The van der Waals surface area contributed by atoms with Gasteiger partial charge in [-0.15, -0.1) is 6.58 Å². The molecule has 0 aliphatic carbocycles. The van der Waals surface area contributed by atoms with Gasteiger partial charge in [0.15, 0.2) is 7.85 Å². The summed E-state index contributed by atoms with van der Waals surface area (Å²) < 4.78 is 0. The second kappa shape index (κ2) is 2.86. The van der Waals surface area contributed by atoms with Crippen molar-refractivity contribution in [3.63, 3.8) is 0 Å². The van der Waals surface area contributed by atoms with E-state index in [1.54, 1.807) is 6.08 Å². The smallest absolute Gasteiger partial charge is 0.167 e. The predicted molar refractivity (Wildman–Crippen MR) is 39.4 cm³/mol. The minimum absolute atomic E-state index is 0.147. The van der Waals surface area contributed by atoms with Crippen molar-refractivity contribution in [2.45, 2.75) is 20.3 Å². The van der Waals surface area contributed by atoms with Crippen molar-refractivity contribution in [2.24, 2.45) is 5.41 Å². The Bertz CT molecular complexity index is 127. The molecule has 0 bridgehead atoms. The minimum Gasteiger partial charge on any atom is -0.313 e. The molecular weight excluding hydrogens is 111 g/mol. The molecule has 0 N–H and O–H groups in total. The molecular formula is C7H11BO. The van der Waals surface area contributed by atoms with Crippen molar-refractivity contribution in [3.8, 4) is 0 Å². The number of allylic oxidation sites excluding steroid dienone is 1. The van der Waals surface area contributed by atoms with Crippen LogP contribution in [0.25, 0.3) is 0 Å². The Morgan fingerprint density at radius 3 is 2.33 bits per heavy atom. The van der Waals surface area contributed by atoms with E-state index in [4.69, 9.17) is 7.85 Å². The predicted octanol–water partition coefficient (Wildman–Crippen LogP) is 1.28. The Morgan fingerprint density at radius 1 is 1.78 bits per heavy atom. The Labute approximate surface area is 57.6 Å². The van der Waals surface area contributed by atoms with Crippen molar-refractivity contribution in [1.29, 1.82) is 0 Å². The molecule has 0 aromatic rings. The van der Waals surface area contributed by atoms with Gasteiger partial charge in [-0.3, -0.25) is 0 Å². The van der Waals surface area contributed by atoms with E-state index in [0.29, 0.717) is 6.42 Å². The van der Waals surface area contributed by atoms with E-state index >= 15 is 0 Å². The summed E-state index contributed by atoms with van der Waals surface area (Å²) in [6.45, 7) is 7.42. The molecule has 0 fully saturated rings. The third kappa shape index (κ3) is 4.01. The maximum absolute atomic E-state index is 10.3. The number of hydrogen-bond donors (Lipinski definition) is 0. The molecule has 0 unspecified atom stereocenters. The van der Waals surface area contributed by atoms with Crippen LogP contribution >= 0.6 is 0 Å². The van der Waals surface area contributed by atoms with Crippen LogP contribution in [0.2, 0.25) is 0 Å². The van der Waals surface area contributed by atoms with Crippen LogP contribution in [0.4, 0.5) is 0 Å². The summed E-state index contributed by atoms with van der Waals surface area (Å²) in [5.74, 6) is 0. The van der Waals surface area contributed by atoms with Crippen LogP contribution in [-0.4, -0.2) is 13.5 Å². The highest BCUT2D eigenvalue weighted by Crippen LogP contribution is 2.20. The third-order valence-electron chi connectivity index (χ3n) is 1.18. The lowest BCUT2D eigenvalue weighted by atomic mass is 9.82. The molecule has 0 heterocycles. The van der Waals surface area contributed by atoms with Gasteiger partial charge in [-0.25, -0.2) is 0 Å². The molecule has 0 rings (SSSR count). The van der Waals surface area contributed by atoms with Crippen molar-refractivity contribution in [2.75, 3.05) is 0 Å². The average Bonchev–Trinajstić information content (AvgIpc) is 1.63. The van der Waals surface area contributed by atoms with Crippen LogP contribution in [0, 0.1) is 5.41 Å². The van der Waals surface area contributed by atoms with Gasteiger partial charge in [-0.05, 0) is 5.41 Å². The fourth-order valence-electron chi connectivity index (χ4n) is 0.521. The van der Waals surface area contributed by atoms with E-state index in [1.807, 2.05) is 13.8 Å². The van der Waals surface area contributed by atoms with Crippen LogP contribution in [0.3, 0.4) is 0 Å². The van der Waals surface area contributed by atoms with E-state index in [9.17, 15) is 4.79 Å². The number of carbonyl (C=O) groups is 1. The zero-order valence-electron chi connectivity index (χ0n) is 5.98. The normalized spacial score (nSPS) is 10.9. The zero-order valence-corrected chi connectivity index (χ0v) is 5.98. The van der Waals surface area contributed by atoms with Crippen LogP contribution < -0.4 is 0 Å². The molecule has 9 heavy (non-hydrogen) atoms. The summed E-state index contributed by atoms with van der Waals surface area (Å²) in [5.41, 5.74) is -0.425. The lowest BCUT2D eigenvalue weighted by Gasteiger charge is -2.16. The van der Waals surface area contributed by atoms with Gasteiger partial charge in [-0.2, -0.15) is 0 Å². The molecule has 0 saturated carbocycles. The highest BCUT2D eigenvalue weighted by Gasteiger charge is 2.13. The van der Waals surface area contributed by atoms with Crippen LogP contribution in [0.15, 0.2) is 12.7 Å². The Hall–Kier alpha value is -0.525. The lowest BCUT2D eigenvalue weighted by molar-refractivity contribution is -0.113. The first-order valence-corrected chi connectivity index (χ1v) is 2.90. The molecule has 48 valence electrons. The molecule has 0 aromatic heterocycles. The molecule has 0 aliphatic heterocycles. The topological polar surface area (TPSA) is 17.1 Å². The summed E-state index contributed by atoms with van der Waals surface area (Å²) in [6, 6.07) is 0. The van der Waals surface area contributed by atoms with Gasteiger partial charge >= 0.3 is 0 Å². The molecule has 2 heteroatoms. The maximum Gasteiger partial charge on any atom is 0.167 e. The van der Waals surface area contributed by atoms with Crippen LogP contribution in [-0.2, 0) is 4.79 Å². The van der Waals surface area contributed by atoms with E-state index in [1.165, 1.54) is 0 Å². The summed E-state index contributed by atoms with van der Waals surface area (Å²) >= 11 is 0. The Morgan fingerprint density at radius 2 is 2.22 bits per heavy atom. The monoisotopic (exact) mass is 122 g/mol. The quantitative estimate of drug-likeness (QED) is 0.407. The summed E-state index contributed by atoms with van der Waals surface area (Å²) in [4.78, 5) is 10.3. The molecule has 0 atom stereocenters. The molecule has 0 amide bonds. The average molecular weight is 122 g/mol. The van der Waals surface area contributed by atoms with Gasteiger partial charge in [-0.1, -0.05) is 19.9 Å². The fraction of sp³-hybridized carbons (Fsp3) is 0.571. The van der Waals surface area contributed by atoms with Crippen molar-refractivity contribution in [1.82, 2.24) is 0 Å². The van der Waals surface area contributed by atoms with Gasteiger partial charge in [0, 0.05) is 6.42 Å². The molecule has 0 spiro atoms. The van der Waals surface area contributed by atoms with E-state index in [-0.39, 0.29) is 11.1 Å². The maximum atomic E-state index is 10.3. The van der Waals surface area contributed by atoms with Gasteiger partial charge in [0.05, 0.1) is 5.68 Å². The van der Waals surface area contributed by atoms with Crippen molar-refractivity contribution < 1.29 is 4.79 Å². The van der Waals surface area contributed by atoms with Gasteiger partial charge < -0.3 is 4.79 Å². The van der Waals surface area contributed by atoms with Crippen molar-refractivity contribution in [3.05, 3.63) is 12.7 Å². The second-order valence-corrected chi connectivity index (χ2v) is 2.84. The molecule has 2 radical (unpaired) electrons. The summed E-state index contributed by atoms with van der Waals surface area (Å²) in [5, 5.41) is 0. The van der Waals surface area contributed by atoms with E-state index in [0.717, 1.165) is 0 Å². The fourth-order valence-corrected chi connectivity index (χ4v) is 0.521. The first-order chi connectivity index (χ1) is 3.98. The SMILES string of the molecule is [B]C(=O)CC(C)(C)C=C. The Balaban J connectivity index is 3.86. The largest absolute Gasteiger partial charge is 0.313 e. The van der Waals surface area contributed by atoms with Crippen LogP contribution in [0.5, 0.6) is 0 Å². The first-order valence-electron chi connectivity index (χ1n) is 2.90. The number of rotatable bonds is 3. The zero-order chi connectivity index (χ0) is 7.49. The second-order valence-electron chi connectivity index (χ2n) is 2.84.